The monoisotopic (exact) mass is 416 g/mol. The number of furan rings is 1. The second kappa shape index (κ2) is 8.01. The highest BCUT2D eigenvalue weighted by Crippen LogP contribution is 2.17. The summed E-state index contributed by atoms with van der Waals surface area (Å²) in [7, 11) is 0. The molecule has 134 valence electrons. The summed E-state index contributed by atoms with van der Waals surface area (Å²) in [5.74, 6) is -0.315. The van der Waals surface area contributed by atoms with Crippen LogP contribution in [-0.2, 0) is 0 Å². The normalized spacial score (nSPS) is 10.5. The number of nitrogens with one attached hydrogen (secondary N) is 2. The zero-order chi connectivity index (χ0) is 18.5. The highest BCUT2D eigenvalue weighted by atomic mass is 79.9. The molecule has 2 heterocycles. The Kier molecular flexibility index (Phi) is 5.52. The minimum absolute atomic E-state index is 0.238. The number of halogens is 1. The minimum Gasteiger partial charge on any atom is -0.459 e. The Labute approximate surface area is 158 Å². The van der Waals surface area contributed by atoms with Gasteiger partial charge in [-0.2, -0.15) is 5.10 Å². The molecule has 8 heteroatoms. The summed E-state index contributed by atoms with van der Waals surface area (Å²) >= 11 is 3.39. The third kappa shape index (κ3) is 4.02. The van der Waals surface area contributed by atoms with Gasteiger partial charge in [-0.05, 0) is 43.3 Å². The van der Waals surface area contributed by atoms with E-state index in [1.165, 1.54) is 12.5 Å². The maximum Gasteiger partial charge on any atom is 0.287 e. The second-order valence-corrected chi connectivity index (χ2v) is 6.44. The van der Waals surface area contributed by atoms with Crippen LogP contribution in [0.2, 0.25) is 0 Å². The highest BCUT2D eigenvalue weighted by molar-refractivity contribution is 9.10. The zero-order valence-electron chi connectivity index (χ0n) is 14.0. The molecule has 0 aliphatic carbocycles. The van der Waals surface area contributed by atoms with Crippen LogP contribution in [0.5, 0.6) is 0 Å². The molecule has 0 spiro atoms. The van der Waals surface area contributed by atoms with Gasteiger partial charge in [-0.3, -0.25) is 9.59 Å². The maximum atomic E-state index is 12.3. The quantitative estimate of drug-likeness (QED) is 0.604. The van der Waals surface area contributed by atoms with E-state index in [0.717, 1.165) is 15.9 Å². The number of carbonyl (C=O) groups is 2. The fourth-order valence-electron chi connectivity index (χ4n) is 2.42. The number of rotatable bonds is 6. The van der Waals surface area contributed by atoms with E-state index in [4.69, 9.17) is 4.42 Å². The van der Waals surface area contributed by atoms with E-state index < -0.39 is 0 Å². The van der Waals surface area contributed by atoms with Gasteiger partial charge in [-0.25, -0.2) is 4.68 Å². The Hall–Kier alpha value is -2.87. The predicted octanol–water partition coefficient (Wildman–Crippen LogP) is 2.70. The van der Waals surface area contributed by atoms with Crippen LogP contribution in [0.1, 0.15) is 26.6 Å². The largest absolute Gasteiger partial charge is 0.459 e. The average Bonchev–Trinajstić information content (AvgIpc) is 3.29. The summed E-state index contributed by atoms with van der Waals surface area (Å²) in [5, 5.41) is 9.72. The summed E-state index contributed by atoms with van der Waals surface area (Å²) < 4.78 is 7.68. The molecule has 0 saturated heterocycles. The van der Waals surface area contributed by atoms with Gasteiger partial charge in [0.15, 0.2) is 5.76 Å². The topological polar surface area (TPSA) is 89.2 Å². The Morgan fingerprint density at radius 2 is 1.81 bits per heavy atom. The smallest absolute Gasteiger partial charge is 0.287 e. The lowest BCUT2D eigenvalue weighted by Crippen LogP contribution is -2.34. The molecular formula is C18H17BrN4O3. The van der Waals surface area contributed by atoms with Gasteiger partial charge in [0.25, 0.3) is 11.8 Å². The van der Waals surface area contributed by atoms with E-state index in [-0.39, 0.29) is 17.6 Å². The van der Waals surface area contributed by atoms with E-state index >= 15 is 0 Å². The molecule has 0 bridgehead atoms. The van der Waals surface area contributed by atoms with Crippen LogP contribution >= 0.6 is 15.9 Å². The lowest BCUT2D eigenvalue weighted by Gasteiger charge is -2.07. The molecule has 2 N–H and O–H groups in total. The Morgan fingerprint density at radius 3 is 2.46 bits per heavy atom. The molecule has 0 radical (unpaired) electrons. The van der Waals surface area contributed by atoms with Crippen molar-refractivity contribution in [2.24, 2.45) is 0 Å². The van der Waals surface area contributed by atoms with E-state index in [0.29, 0.717) is 18.7 Å². The predicted molar refractivity (Wildman–Crippen MR) is 99.4 cm³/mol. The van der Waals surface area contributed by atoms with E-state index in [1.807, 2.05) is 31.2 Å². The van der Waals surface area contributed by atoms with Crippen molar-refractivity contribution in [1.82, 2.24) is 20.4 Å². The number of amides is 2. The summed E-state index contributed by atoms with van der Waals surface area (Å²) in [6.45, 7) is 2.43. The Balaban J connectivity index is 1.55. The molecule has 26 heavy (non-hydrogen) atoms. The van der Waals surface area contributed by atoms with Gasteiger partial charge in [0.05, 0.1) is 29.4 Å². The van der Waals surface area contributed by atoms with Crippen molar-refractivity contribution < 1.29 is 14.0 Å². The van der Waals surface area contributed by atoms with Crippen LogP contribution in [0.15, 0.2) is 57.7 Å². The molecule has 7 nitrogen and oxygen atoms in total. The van der Waals surface area contributed by atoms with Crippen molar-refractivity contribution in [3.8, 4) is 5.69 Å². The molecule has 2 amide bonds. The lowest BCUT2D eigenvalue weighted by molar-refractivity contribution is 0.0910. The molecule has 1 aromatic carbocycles. The van der Waals surface area contributed by atoms with Gasteiger partial charge in [0.1, 0.15) is 0 Å². The first-order valence-corrected chi connectivity index (χ1v) is 8.76. The van der Waals surface area contributed by atoms with Gasteiger partial charge in [-0.1, -0.05) is 15.9 Å². The molecule has 3 aromatic rings. The third-order valence-electron chi connectivity index (χ3n) is 3.77. The number of hydrogen-bond donors (Lipinski definition) is 2. The fourth-order valence-corrected chi connectivity index (χ4v) is 2.68. The van der Waals surface area contributed by atoms with Crippen molar-refractivity contribution in [2.45, 2.75) is 6.92 Å². The summed E-state index contributed by atoms with van der Waals surface area (Å²) in [6, 6.07) is 10.9. The number of benzene rings is 1. The molecule has 3 rings (SSSR count). The maximum absolute atomic E-state index is 12.3. The molecule has 0 unspecified atom stereocenters. The summed E-state index contributed by atoms with van der Waals surface area (Å²) in [5.41, 5.74) is 2.10. The molecule has 0 aliphatic heterocycles. The Morgan fingerprint density at radius 1 is 1.12 bits per heavy atom. The van der Waals surface area contributed by atoms with Crippen LogP contribution in [0.25, 0.3) is 5.69 Å². The van der Waals surface area contributed by atoms with Crippen LogP contribution in [0, 0.1) is 6.92 Å². The highest BCUT2D eigenvalue weighted by Gasteiger charge is 2.15. The first-order valence-electron chi connectivity index (χ1n) is 7.96. The van der Waals surface area contributed by atoms with Gasteiger partial charge >= 0.3 is 0 Å². The number of hydrogen-bond acceptors (Lipinski definition) is 4. The standard InChI is InChI=1S/C18H17BrN4O3/c1-12-15(11-22-23(12)14-6-4-13(19)5-7-14)17(24)20-8-9-21-18(25)16-3-2-10-26-16/h2-7,10-11H,8-9H2,1H3,(H,20,24)(H,21,25). The molecule has 2 aromatic heterocycles. The minimum atomic E-state index is -0.316. The summed E-state index contributed by atoms with van der Waals surface area (Å²) in [6.07, 6.45) is 2.97. The Bertz CT molecular complexity index is 901. The number of nitrogens with zero attached hydrogens (tertiary/aromatic N) is 2. The van der Waals surface area contributed by atoms with Crippen molar-refractivity contribution in [3.63, 3.8) is 0 Å². The first-order chi connectivity index (χ1) is 12.6. The van der Waals surface area contributed by atoms with Crippen molar-refractivity contribution >= 4 is 27.7 Å². The van der Waals surface area contributed by atoms with Gasteiger partial charge < -0.3 is 15.1 Å². The van der Waals surface area contributed by atoms with Gasteiger partial charge in [-0.15, -0.1) is 0 Å². The van der Waals surface area contributed by atoms with Crippen LogP contribution in [0.3, 0.4) is 0 Å². The van der Waals surface area contributed by atoms with Gasteiger partial charge in [0.2, 0.25) is 0 Å². The van der Waals surface area contributed by atoms with Crippen molar-refractivity contribution in [2.75, 3.05) is 13.1 Å². The molecule has 0 atom stereocenters. The molecular weight excluding hydrogens is 400 g/mol. The van der Waals surface area contributed by atoms with Crippen LogP contribution in [-0.4, -0.2) is 34.7 Å². The summed E-state index contributed by atoms with van der Waals surface area (Å²) in [4.78, 5) is 24.1. The first kappa shape index (κ1) is 17.9. The number of carbonyl (C=O) groups excluding carboxylic acids is 2. The molecule has 0 saturated carbocycles. The third-order valence-corrected chi connectivity index (χ3v) is 4.30. The average molecular weight is 417 g/mol. The van der Waals surface area contributed by atoms with Gasteiger partial charge in [0, 0.05) is 17.6 Å². The van der Waals surface area contributed by atoms with Crippen LogP contribution in [0.4, 0.5) is 0 Å². The lowest BCUT2D eigenvalue weighted by atomic mass is 10.2. The van der Waals surface area contributed by atoms with Crippen molar-refractivity contribution in [1.29, 1.82) is 0 Å². The molecule has 0 fully saturated rings. The van der Waals surface area contributed by atoms with Crippen molar-refractivity contribution in [3.05, 3.63) is 70.3 Å². The van der Waals surface area contributed by atoms with Crippen LogP contribution < -0.4 is 10.6 Å². The molecule has 0 aliphatic rings. The SMILES string of the molecule is Cc1c(C(=O)NCCNC(=O)c2ccco2)cnn1-c1ccc(Br)cc1. The second-order valence-electron chi connectivity index (χ2n) is 5.52. The van der Waals surface area contributed by atoms with E-state index in [2.05, 4.69) is 31.7 Å². The van der Waals surface area contributed by atoms with E-state index in [1.54, 1.807) is 16.8 Å². The number of aromatic nitrogens is 2. The fraction of sp³-hybridized carbons (Fsp3) is 0.167. The van der Waals surface area contributed by atoms with E-state index in [9.17, 15) is 9.59 Å². The zero-order valence-corrected chi connectivity index (χ0v) is 15.6.